The Morgan fingerprint density at radius 1 is 1.28 bits per heavy atom. The number of rotatable bonds is 2. The molecule has 2 heterocycles. The van der Waals surface area contributed by atoms with Gasteiger partial charge in [0.25, 0.3) is 0 Å². The van der Waals surface area contributed by atoms with Crippen LogP contribution >= 0.6 is 0 Å². The largest absolute Gasteiger partial charge is 0.493 e. The van der Waals surface area contributed by atoms with Crippen molar-refractivity contribution in [3.8, 4) is 5.75 Å². The lowest BCUT2D eigenvalue weighted by Gasteiger charge is -2.26. The van der Waals surface area contributed by atoms with Gasteiger partial charge in [-0.2, -0.15) is 4.98 Å². The quantitative estimate of drug-likeness (QED) is 0.842. The standard InChI is InChI=1S/C13H14N4O/c14-12-5-7-15-13(17-12)16-10-6-8-18-11-4-2-1-3-9(10)11/h1-5,7,10H,6,8H2,(H3,14,15,16,17). The summed E-state index contributed by atoms with van der Waals surface area (Å²) < 4.78 is 5.61. The van der Waals surface area contributed by atoms with E-state index >= 15 is 0 Å². The molecule has 5 nitrogen and oxygen atoms in total. The van der Waals surface area contributed by atoms with Crippen molar-refractivity contribution < 1.29 is 4.74 Å². The maximum atomic E-state index is 5.64. The number of nitrogens with one attached hydrogen (secondary N) is 1. The first-order valence-corrected chi connectivity index (χ1v) is 5.90. The first kappa shape index (κ1) is 10.8. The van der Waals surface area contributed by atoms with Gasteiger partial charge in [0.05, 0.1) is 12.6 Å². The van der Waals surface area contributed by atoms with Crippen molar-refractivity contribution in [2.24, 2.45) is 0 Å². The highest BCUT2D eigenvalue weighted by Crippen LogP contribution is 2.33. The summed E-state index contributed by atoms with van der Waals surface area (Å²) in [6.07, 6.45) is 2.53. The van der Waals surface area contributed by atoms with Crippen molar-refractivity contribution in [2.75, 3.05) is 17.7 Å². The van der Waals surface area contributed by atoms with Gasteiger partial charge in [0.15, 0.2) is 0 Å². The van der Waals surface area contributed by atoms with E-state index in [9.17, 15) is 0 Å². The minimum atomic E-state index is 0.164. The number of hydrogen-bond donors (Lipinski definition) is 2. The van der Waals surface area contributed by atoms with Gasteiger partial charge in [-0.3, -0.25) is 0 Å². The molecule has 3 N–H and O–H groups in total. The summed E-state index contributed by atoms with van der Waals surface area (Å²) >= 11 is 0. The number of hydrogen-bond acceptors (Lipinski definition) is 5. The monoisotopic (exact) mass is 242 g/mol. The lowest BCUT2D eigenvalue weighted by molar-refractivity contribution is 0.274. The van der Waals surface area contributed by atoms with Gasteiger partial charge in [-0.15, -0.1) is 0 Å². The molecule has 1 aliphatic heterocycles. The number of ether oxygens (including phenoxy) is 1. The molecule has 0 spiro atoms. The SMILES string of the molecule is Nc1ccnc(NC2CCOc3ccccc32)n1. The second-order valence-corrected chi connectivity index (χ2v) is 4.18. The van der Waals surface area contributed by atoms with Gasteiger partial charge in [-0.1, -0.05) is 18.2 Å². The predicted molar refractivity (Wildman–Crippen MR) is 69.4 cm³/mol. The fraction of sp³-hybridized carbons (Fsp3) is 0.231. The first-order chi connectivity index (χ1) is 8.83. The van der Waals surface area contributed by atoms with Gasteiger partial charge in [0, 0.05) is 18.2 Å². The summed E-state index contributed by atoms with van der Waals surface area (Å²) in [5.74, 6) is 1.94. The summed E-state index contributed by atoms with van der Waals surface area (Å²) in [5, 5.41) is 3.30. The van der Waals surface area contributed by atoms with Crippen LogP contribution in [0.3, 0.4) is 0 Å². The lowest BCUT2D eigenvalue weighted by Crippen LogP contribution is -2.21. The van der Waals surface area contributed by atoms with Crippen molar-refractivity contribution in [1.29, 1.82) is 0 Å². The molecule has 0 fully saturated rings. The maximum Gasteiger partial charge on any atom is 0.225 e. The molecule has 5 heteroatoms. The molecule has 0 bridgehead atoms. The second-order valence-electron chi connectivity index (χ2n) is 4.18. The molecule has 0 aliphatic carbocycles. The summed E-state index contributed by atoms with van der Waals surface area (Å²) in [7, 11) is 0. The Morgan fingerprint density at radius 3 is 3.06 bits per heavy atom. The fourth-order valence-electron chi connectivity index (χ4n) is 2.09. The van der Waals surface area contributed by atoms with E-state index in [4.69, 9.17) is 10.5 Å². The highest BCUT2D eigenvalue weighted by Gasteiger charge is 2.21. The van der Waals surface area contributed by atoms with Gasteiger partial charge < -0.3 is 15.8 Å². The number of nitrogens with zero attached hydrogens (tertiary/aromatic N) is 2. The third-order valence-corrected chi connectivity index (χ3v) is 2.94. The topological polar surface area (TPSA) is 73.1 Å². The zero-order valence-electron chi connectivity index (χ0n) is 9.84. The van der Waals surface area contributed by atoms with Crippen LogP contribution in [0.1, 0.15) is 18.0 Å². The predicted octanol–water partition coefficient (Wildman–Crippen LogP) is 1.99. The van der Waals surface area contributed by atoms with Crippen LogP contribution in [0.2, 0.25) is 0 Å². The average Bonchev–Trinajstić information content (AvgIpc) is 2.39. The molecule has 1 unspecified atom stereocenters. The maximum absolute atomic E-state index is 5.64. The molecule has 1 aromatic heterocycles. The lowest BCUT2D eigenvalue weighted by atomic mass is 10.0. The Balaban J connectivity index is 1.86. The molecule has 1 aromatic carbocycles. The Bertz CT molecular complexity index is 558. The highest BCUT2D eigenvalue weighted by atomic mass is 16.5. The van der Waals surface area contributed by atoms with E-state index in [1.54, 1.807) is 12.3 Å². The van der Waals surface area contributed by atoms with Crippen LogP contribution in [0.5, 0.6) is 5.75 Å². The molecule has 0 radical (unpaired) electrons. The van der Waals surface area contributed by atoms with Crippen molar-refractivity contribution in [3.05, 3.63) is 42.1 Å². The summed E-state index contributed by atoms with van der Waals surface area (Å²) in [6, 6.07) is 9.84. The van der Waals surface area contributed by atoms with Gasteiger partial charge in [0.1, 0.15) is 11.6 Å². The smallest absolute Gasteiger partial charge is 0.225 e. The number of aromatic nitrogens is 2. The molecular formula is C13H14N4O. The van der Waals surface area contributed by atoms with E-state index in [0.29, 0.717) is 18.4 Å². The van der Waals surface area contributed by atoms with Crippen LogP contribution in [-0.2, 0) is 0 Å². The van der Waals surface area contributed by atoms with E-state index in [1.807, 2.05) is 18.2 Å². The summed E-state index contributed by atoms with van der Waals surface area (Å²) in [4.78, 5) is 8.32. The number of nitrogen functional groups attached to an aromatic ring is 1. The zero-order valence-corrected chi connectivity index (χ0v) is 9.84. The van der Waals surface area contributed by atoms with Crippen LogP contribution in [0.4, 0.5) is 11.8 Å². The van der Waals surface area contributed by atoms with E-state index < -0.39 is 0 Å². The molecule has 0 saturated carbocycles. The number of fused-ring (bicyclic) bond motifs is 1. The van der Waals surface area contributed by atoms with Crippen LogP contribution in [0, 0.1) is 0 Å². The molecule has 18 heavy (non-hydrogen) atoms. The minimum absolute atomic E-state index is 0.164. The van der Waals surface area contributed by atoms with Crippen LogP contribution in [0.25, 0.3) is 0 Å². The number of nitrogens with two attached hydrogens (primary N) is 1. The van der Waals surface area contributed by atoms with Crippen molar-refractivity contribution in [3.63, 3.8) is 0 Å². The van der Waals surface area contributed by atoms with Gasteiger partial charge >= 0.3 is 0 Å². The Labute approximate surface area is 105 Å². The highest BCUT2D eigenvalue weighted by molar-refractivity contribution is 5.43. The fourth-order valence-corrected chi connectivity index (χ4v) is 2.09. The van der Waals surface area contributed by atoms with Crippen molar-refractivity contribution in [2.45, 2.75) is 12.5 Å². The molecule has 2 aromatic rings. The van der Waals surface area contributed by atoms with E-state index in [2.05, 4.69) is 21.4 Å². The number of benzene rings is 1. The first-order valence-electron chi connectivity index (χ1n) is 5.90. The van der Waals surface area contributed by atoms with Gasteiger partial charge in [-0.05, 0) is 12.1 Å². The second kappa shape index (κ2) is 4.52. The number of para-hydroxylation sites is 1. The minimum Gasteiger partial charge on any atom is -0.493 e. The van der Waals surface area contributed by atoms with Crippen molar-refractivity contribution >= 4 is 11.8 Å². The summed E-state index contributed by atoms with van der Waals surface area (Å²) in [6.45, 7) is 0.691. The van der Waals surface area contributed by atoms with Crippen molar-refractivity contribution in [1.82, 2.24) is 9.97 Å². The Kier molecular flexibility index (Phi) is 2.72. The van der Waals surface area contributed by atoms with Crippen LogP contribution in [-0.4, -0.2) is 16.6 Å². The van der Waals surface area contributed by atoms with Crippen LogP contribution < -0.4 is 15.8 Å². The van der Waals surface area contributed by atoms with E-state index in [-0.39, 0.29) is 6.04 Å². The average molecular weight is 242 g/mol. The number of anilines is 2. The van der Waals surface area contributed by atoms with Crippen LogP contribution in [0.15, 0.2) is 36.5 Å². The van der Waals surface area contributed by atoms with E-state index in [1.165, 1.54) is 0 Å². The van der Waals surface area contributed by atoms with Gasteiger partial charge in [0.2, 0.25) is 5.95 Å². The molecule has 1 atom stereocenters. The third kappa shape index (κ3) is 2.07. The molecule has 0 amide bonds. The Morgan fingerprint density at radius 2 is 2.17 bits per heavy atom. The molecular weight excluding hydrogens is 228 g/mol. The van der Waals surface area contributed by atoms with E-state index in [0.717, 1.165) is 17.7 Å². The molecule has 3 rings (SSSR count). The molecule has 0 saturated heterocycles. The normalized spacial score (nSPS) is 17.7. The Hall–Kier alpha value is -2.30. The third-order valence-electron chi connectivity index (χ3n) is 2.94. The molecule has 1 aliphatic rings. The zero-order chi connectivity index (χ0) is 12.4. The molecule has 92 valence electrons. The van der Waals surface area contributed by atoms with Gasteiger partial charge in [-0.25, -0.2) is 4.98 Å². The summed E-state index contributed by atoms with van der Waals surface area (Å²) in [5.41, 5.74) is 6.78.